The molecule has 128 valence electrons. The van der Waals surface area contributed by atoms with Gasteiger partial charge in [0.15, 0.2) is 0 Å². The van der Waals surface area contributed by atoms with Crippen LogP contribution in [0.5, 0.6) is 5.75 Å². The highest BCUT2D eigenvalue weighted by molar-refractivity contribution is 6.30. The minimum absolute atomic E-state index is 0.0643. The molecule has 0 aliphatic heterocycles. The molecule has 0 fully saturated rings. The molecule has 0 aromatic heterocycles. The Morgan fingerprint density at radius 3 is 2.46 bits per heavy atom. The average molecular weight is 347 g/mol. The molecule has 0 unspecified atom stereocenters. The van der Waals surface area contributed by atoms with E-state index in [1.807, 2.05) is 42.5 Å². The molecule has 0 radical (unpaired) electrons. The van der Waals surface area contributed by atoms with Gasteiger partial charge in [0.05, 0.1) is 6.61 Å². The number of halogens is 1. The summed E-state index contributed by atoms with van der Waals surface area (Å²) in [4.78, 5) is 11.7. The van der Waals surface area contributed by atoms with Gasteiger partial charge in [-0.2, -0.15) is 0 Å². The second kappa shape index (κ2) is 10.6. The Labute approximate surface area is 148 Å². The Bertz CT molecular complexity index is 603. The SMILES string of the molecule is O=C(CCCOc1ccc(Cl)cc1)NCCCNc1ccccc1. The fourth-order valence-electron chi connectivity index (χ4n) is 2.15. The van der Waals surface area contributed by atoms with Gasteiger partial charge in [0, 0.05) is 30.2 Å². The van der Waals surface area contributed by atoms with Crippen molar-refractivity contribution in [3.8, 4) is 5.75 Å². The Balaban J connectivity index is 1.47. The zero-order valence-electron chi connectivity index (χ0n) is 13.6. The molecule has 0 spiro atoms. The van der Waals surface area contributed by atoms with Gasteiger partial charge >= 0.3 is 0 Å². The maximum absolute atomic E-state index is 11.7. The molecule has 5 heteroatoms. The van der Waals surface area contributed by atoms with E-state index in [0.717, 1.165) is 24.4 Å². The van der Waals surface area contributed by atoms with Gasteiger partial charge in [-0.15, -0.1) is 0 Å². The largest absolute Gasteiger partial charge is 0.494 e. The highest BCUT2D eigenvalue weighted by Crippen LogP contribution is 2.15. The fourth-order valence-corrected chi connectivity index (χ4v) is 2.27. The summed E-state index contributed by atoms with van der Waals surface area (Å²) < 4.78 is 5.55. The molecule has 2 aromatic carbocycles. The molecule has 0 atom stereocenters. The number of anilines is 1. The zero-order valence-corrected chi connectivity index (χ0v) is 14.4. The first kappa shape index (κ1) is 18.1. The molecule has 0 bridgehead atoms. The van der Waals surface area contributed by atoms with Crippen LogP contribution in [0.3, 0.4) is 0 Å². The van der Waals surface area contributed by atoms with Gasteiger partial charge < -0.3 is 15.4 Å². The van der Waals surface area contributed by atoms with Gasteiger partial charge in [0.1, 0.15) is 5.75 Å². The molecule has 24 heavy (non-hydrogen) atoms. The summed E-state index contributed by atoms with van der Waals surface area (Å²) in [5, 5.41) is 6.92. The van der Waals surface area contributed by atoms with E-state index in [1.165, 1.54) is 0 Å². The van der Waals surface area contributed by atoms with Crippen LogP contribution < -0.4 is 15.4 Å². The first-order valence-corrected chi connectivity index (χ1v) is 8.56. The van der Waals surface area contributed by atoms with Crippen molar-refractivity contribution in [1.82, 2.24) is 5.32 Å². The molecule has 0 saturated carbocycles. The lowest BCUT2D eigenvalue weighted by atomic mass is 10.3. The molecule has 1 amide bonds. The van der Waals surface area contributed by atoms with Crippen LogP contribution in [0, 0.1) is 0 Å². The molecule has 4 nitrogen and oxygen atoms in total. The van der Waals surface area contributed by atoms with Gasteiger partial charge in [0.2, 0.25) is 5.91 Å². The van der Waals surface area contributed by atoms with Gasteiger partial charge in [0.25, 0.3) is 0 Å². The lowest BCUT2D eigenvalue weighted by Crippen LogP contribution is -2.25. The molecule has 0 heterocycles. The average Bonchev–Trinajstić information content (AvgIpc) is 2.61. The van der Waals surface area contributed by atoms with E-state index in [-0.39, 0.29) is 5.91 Å². The van der Waals surface area contributed by atoms with Crippen molar-refractivity contribution in [3.05, 3.63) is 59.6 Å². The van der Waals surface area contributed by atoms with E-state index in [4.69, 9.17) is 16.3 Å². The second-order valence-electron chi connectivity index (χ2n) is 5.40. The molecule has 0 saturated heterocycles. The van der Waals surface area contributed by atoms with Gasteiger partial charge in [-0.1, -0.05) is 29.8 Å². The first-order valence-electron chi connectivity index (χ1n) is 8.18. The number of hydrogen-bond acceptors (Lipinski definition) is 3. The van der Waals surface area contributed by atoms with Crippen molar-refractivity contribution < 1.29 is 9.53 Å². The Hall–Kier alpha value is -2.20. The maximum Gasteiger partial charge on any atom is 0.220 e. The Kier molecular flexibility index (Phi) is 7.98. The molecule has 0 aliphatic rings. The number of benzene rings is 2. The molecular formula is C19H23ClN2O2. The topological polar surface area (TPSA) is 50.4 Å². The smallest absolute Gasteiger partial charge is 0.220 e. The minimum atomic E-state index is 0.0643. The van der Waals surface area contributed by atoms with Gasteiger partial charge in [-0.05, 0) is 49.2 Å². The van der Waals surface area contributed by atoms with Crippen LogP contribution in [0.15, 0.2) is 54.6 Å². The number of hydrogen-bond donors (Lipinski definition) is 2. The molecule has 0 aliphatic carbocycles. The quantitative estimate of drug-likeness (QED) is 0.636. The number of ether oxygens (including phenoxy) is 1. The minimum Gasteiger partial charge on any atom is -0.494 e. The van der Waals surface area contributed by atoms with E-state index in [1.54, 1.807) is 12.1 Å². The second-order valence-corrected chi connectivity index (χ2v) is 5.84. The number of nitrogens with one attached hydrogen (secondary N) is 2. The lowest BCUT2D eigenvalue weighted by molar-refractivity contribution is -0.121. The first-order chi connectivity index (χ1) is 11.7. The van der Waals surface area contributed by atoms with E-state index >= 15 is 0 Å². The van der Waals surface area contributed by atoms with Crippen LogP contribution in [-0.4, -0.2) is 25.6 Å². The summed E-state index contributed by atoms with van der Waals surface area (Å²) in [5.74, 6) is 0.834. The third kappa shape index (κ3) is 7.38. The number of carbonyl (C=O) groups is 1. The van der Waals surface area contributed by atoms with E-state index < -0.39 is 0 Å². The molecule has 2 aromatic rings. The predicted molar refractivity (Wildman–Crippen MR) is 98.7 cm³/mol. The summed E-state index contributed by atoms with van der Waals surface area (Å²) in [6.07, 6.45) is 2.05. The number of para-hydroxylation sites is 1. The van der Waals surface area contributed by atoms with Crippen LogP contribution in [0.4, 0.5) is 5.69 Å². The lowest BCUT2D eigenvalue weighted by Gasteiger charge is -2.08. The molecular weight excluding hydrogens is 324 g/mol. The Morgan fingerprint density at radius 2 is 1.71 bits per heavy atom. The standard InChI is InChI=1S/C19H23ClN2O2/c20-16-9-11-18(12-10-16)24-15-4-8-19(23)22-14-5-13-21-17-6-2-1-3-7-17/h1-3,6-7,9-12,21H,4-5,8,13-15H2,(H,22,23). The van der Waals surface area contributed by atoms with E-state index in [2.05, 4.69) is 10.6 Å². The number of rotatable bonds is 10. The van der Waals surface area contributed by atoms with Crippen LogP contribution in [-0.2, 0) is 4.79 Å². The summed E-state index contributed by atoms with van der Waals surface area (Å²) in [6.45, 7) is 2.03. The third-order valence-electron chi connectivity index (χ3n) is 3.41. The van der Waals surface area contributed by atoms with Crippen LogP contribution in [0.25, 0.3) is 0 Å². The zero-order chi connectivity index (χ0) is 17.0. The van der Waals surface area contributed by atoms with Gasteiger partial charge in [-0.3, -0.25) is 4.79 Å². The highest BCUT2D eigenvalue weighted by atomic mass is 35.5. The van der Waals surface area contributed by atoms with Crippen molar-refractivity contribution in [2.75, 3.05) is 25.0 Å². The molecule has 2 N–H and O–H groups in total. The predicted octanol–water partition coefficient (Wildman–Crippen LogP) is 4.12. The van der Waals surface area contributed by atoms with Crippen LogP contribution in [0.2, 0.25) is 5.02 Å². The van der Waals surface area contributed by atoms with Crippen molar-refractivity contribution >= 4 is 23.2 Å². The van der Waals surface area contributed by atoms with Gasteiger partial charge in [-0.25, -0.2) is 0 Å². The fraction of sp³-hybridized carbons (Fsp3) is 0.316. The van der Waals surface area contributed by atoms with Crippen molar-refractivity contribution in [3.63, 3.8) is 0 Å². The van der Waals surface area contributed by atoms with E-state index in [0.29, 0.717) is 31.0 Å². The van der Waals surface area contributed by atoms with E-state index in [9.17, 15) is 4.79 Å². The summed E-state index contributed by atoms with van der Waals surface area (Å²) in [6, 6.07) is 17.2. The summed E-state index contributed by atoms with van der Waals surface area (Å²) in [5.41, 5.74) is 1.10. The number of carbonyl (C=O) groups excluding carboxylic acids is 1. The Morgan fingerprint density at radius 1 is 0.958 bits per heavy atom. The van der Waals surface area contributed by atoms with Crippen LogP contribution in [0.1, 0.15) is 19.3 Å². The maximum atomic E-state index is 11.7. The molecule has 2 rings (SSSR count). The normalized spacial score (nSPS) is 10.2. The van der Waals surface area contributed by atoms with Crippen molar-refractivity contribution in [2.45, 2.75) is 19.3 Å². The summed E-state index contributed by atoms with van der Waals surface area (Å²) in [7, 11) is 0. The van der Waals surface area contributed by atoms with Crippen molar-refractivity contribution in [1.29, 1.82) is 0 Å². The van der Waals surface area contributed by atoms with Crippen molar-refractivity contribution in [2.24, 2.45) is 0 Å². The number of amides is 1. The summed E-state index contributed by atoms with van der Waals surface area (Å²) >= 11 is 5.81. The third-order valence-corrected chi connectivity index (χ3v) is 3.66. The highest BCUT2D eigenvalue weighted by Gasteiger charge is 2.01. The van der Waals surface area contributed by atoms with Crippen LogP contribution >= 0.6 is 11.6 Å². The monoisotopic (exact) mass is 346 g/mol.